The molecule has 1 rings (SSSR count). The number of hydrogen-bond donors (Lipinski definition) is 3. The van der Waals surface area contributed by atoms with E-state index >= 15 is 0 Å². The number of carbonyl (C=O) groups excluding carboxylic acids is 1. The van der Waals surface area contributed by atoms with Crippen molar-refractivity contribution in [3.63, 3.8) is 0 Å². The average Bonchev–Trinajstić information content (AvgIpc) is 2.38. The van der Waals surface area contributed by atoms with Gasteiger partial charge in [0.2, 0.25) is 15.9 Å². The molecule has 1 amide bonds. The smallest absolute Gasteiger partial charge is 0.321 e. The summed E-state index contributed by atoms with van der Waals surface area (Å²) in [5, 5.41) is 11.3. The molecule has 0 aliphatic heterocycles. The first-order chi connectivity index (χ1) is 9.26. The van der Waals surface area contributed by atoms with Gasteiger partial charge in [-0.3, -0.25) is 9.59 Å². The van der Waals surface area contributed by atoms with Gasteiger partial charge >= 0.3 is 5.97 Å². The van der Waals surface area contributed by atoms with Crippen molar-refractivity contribution in [2.45, 2.75) is 31.2 Å². The van der Waals surface area contributed by atoms with Crippen molar-refractivity contribution in [2.24, 2.45) is 0 Å². The van der Waals surface area contributed by atoms with Crippen LogP contribution in [0.4, 0.5) is 5.69 Å². The highest BCUT2D eigenvalue weighted by molar-refractivity contribution is 7.89. The van der Waals surface area contributed by atoms with Crippen molar-refractivity contribution in [2.75, 3.05) is 5.32 Å². The standard InChI is InChI=1S/C12H16N2O5S/c1-3-11(15)13-9-4-6-10(7-5-9)20(18,19)14-8(2)12(16)17/h4-8,14H,3H2,1-2H3,(H,13,15)(H,16,17). The zero-order valence-corrected chi connectivity index (χ0v) is 11.9. The largest absolute Gasteiger partial charge is 0.480 e. The number of hydrogen-bond acceptors (Lipinski definition) is 4. The van der Waals surface area contributed by atoms with Gasteiger partial charge in [-0.1, -0.05) is 6.92 Å². The number of anilines is 1. The number of rotatable bonds is 6. The number of carbonyl (C=O) groups is 2. The summed E-state index contributed by atoms with van der Waals surface area (Å²) < 4.78 is 25.8. The Morgan fingerprint density at radius 3 is 2.25 bits per heavy atom. The lowest BCUT2D eigenvalue weighted by atomic mass is 10.3. The van der Waals surface area contributed by atoms with Crippen molar-refractivity contribution in [3.8, 4) is 0 Å². The third kappa shape index (κ3) is 4.32. The molecule has 0 bridgehead atoms. The molecule has 1 aromatic carbocycles. The van der Waals surface area contributed by atoms with Gasteiger partial charge in [-0.05, 0) is 31.2 Å². The molecule has 0 spiro atoms. The van der Waals surface area contributed by atoms with Crippen LogP contribution in [0.2, 0.25) is 0 Å². The van der Waals surface area contributed by atoms with Gasteiger partial charge in [0.25, 0.3) is 0 Å². The Labute approximate surface area is 117 Å². The van der Waals surface area contributed by atoms with Gasteiger partial charge in [0.15, 0.2) is 0 Å². The summed E-state index contributed by atoms with van der Waals surface area (Å²) >= 11 is 0. The summed E-state index contributed by atoms with van der Waals surface area (Å²) in [6.45, 7) is 2.93. The maximum Gasteiger partial charge on any atom is 0.321 e. The van der Waals surface area contributed by atoms with Crippen LogP contribution in [0.5, 0.6) is 0 Å². The number of amides is 1. The highest BCUT2D eigenvalue weighted by Crippen LogP contribution is 2.14. The van der Waals surface area contributed by atoms with E-state index in [1.165, 1.54) is 31.2 Å². The molecule has 7 nitrogen and oxygen atoms in total. The van der Waals surface area contributed by atoms with Gasteiger partial charge in [-0.25, -0.2) is 8.42 Å². The van der Waals surface area contributed by atoms with Gasteiger partial charge in [0.1, 0.15) is 6.04 Å². The molecule has 20 heavy (non-hydrogen) atoms. The number of benzene rings is 1. The molecule has 0 aromatic heterocycles. The topological polar surface area (TPSA) is 113 Å². The maximum absolute atomic E-state index is 11.9. The summed E-state index contributed by atoms with van der Waals surface area (Å²) in [6.07, 6.45) is 0.317. The van der Waals surface area contributed by atoms with E-state index in [4.69, 9.17) is 5.11 Å². The summed E-state index contributed by atoms with van der Waals surface area (Å²) in [5.41, 5.74) is 0.474. The second-order valence-electron chi connectivity index (χ2n) is 4.11. The van der Waals surface area contributed by atoms with Crippen LogP contribution in [0.3, 0.4) is 0 Å². The maximum atomic E-state index is 11.9. The van der Waals surface area contributed by atoms with E-state index in [1.807, 2.05) is 4.72 Å². The lowest BCUT2D eigenvalue weighted by molar-refractivity contribution is -0.138. The molecule has 0 aliphatic rings. The van der Waals surface area contributed by atoms with E-state index in [1.54, 1.807) is 6.92 Å². The second kappa shape index (κ2) is 6.49. The Balaban J connectivity index is 2.87. The minimum absolute atomic E-state index is 0.0694. The molecule has 0 saturated carbocycles. The molecular weight excluding hydrogens is 284 g/mol. The lowest BCUT2D eigenvalue weighted by Crippen LogP contribution is -2.38. The fourth-order valence-electron chi connectivity index (χ4n) is 1.32. The van der Waals surface area contributed by atoms with E-state index in [0.717, 1.165) is 0 Å². The Hall–Kier alpha value is -1.93. The third-order valence-corrected chi connectivity index (χ3v) is 4.03. The van der Waals surface area contributed by atoms with Gasteiger partial charge in [0.05, 0.1) is 4.90 Å². The second-order valence-corrected chi connectivity index (χ2v) is 5.82. The Kier molecular flexibility index (Phi) is 5.23. The van der Waals surface area contributed by atoms with Crippen LogP contribution in [0.15, 0.2) is 29.2 Å². The Morgan fingerprint density at radius 1 is 1.25 bits per heavy atom. The summed E-state index contributed by atoms with van der Waals surface area (Å²) in [5.74, 6) is -1.45. The van der Waals surface area contributed by atoms with Gasteiger partial charge in [0, 0.05) is 12.1 Å². The first-order valence-corrected chi connectivity index (χ1v) is 7.39. The van der Waals surface area contributed by atoms with E-state index in [2.05, 4.69) is 5.32 Å². The van der Waals surface area contributed by atoms with Crippen LogP contribution in [0.25, 0.3) is 0 Å². The summed E-state index contributed by atoms with van der Waals surface area (Å²) in [7, 11) is -3.90. The fourth-order valence-corrected chi connectivity index (χ4v) is 2.51. The van der Waals surface area contributed by atoms with E-state index < -0.39 is 22.0 Å². The molecule has 1 atom stereocenters. The van der Waals surface area contributed by atoms with Crippen LogP contribution in [-0.4, -0.2) is 31.4 Å². The lowest BCUT2D eigenvalue weighted by Gasteiger charge is -2.10. The molecule has 0 aliphatic carbocycles. The molecule has 1 unspecified atom stereocenters. The van der Waals surface area contributed by atoms with Crippen LogP contribution in [0.1, 0.15) is 20.3 Å². The molecule has 8 heteroatoms. The number of nitrogens with one attached hydrogen (secondary N) is 2. The highest BCUT2D eigenvalue weighted by atomic mass is 32.2. The van der Waals surface area contributed by atoms with E-state index in [0.29, 0.717) is 12.1 Å². The number of carboxylic acids is 1. The van der Waals surface area contributed by atoms with Crippen LogP contribution < -0.4 is 10.0 Å². The van der Waals surface area contributed by atoms with Crippen molar-refractivity contribution in [1.82, 2.24) is 4.72 Å². The molecular formula is C12H16N2O5S. The molecule has 0 fully saturated rings. The van der Waals surface area contributed by atoms with Crippen molar-refractivity contribution < 1.29 is 23.1 Å². The van der Waals surface area contributed by atoms with Crippen LogP contribution in [0, 0.1) is 0 Å². The monoisotopic (exact) mass is 300 g/mol. The van der Waals surface area contributed by atoms with E-state index in [9.17, 15) is 18.0 Å². The highest BCUT2D eigenvalue weighted by Gasteiger charge is 2.21. The van der Waals surface area contributed by atoms with Crippen molar-refractivity contribution in [3.05, 3.63) is 24.3 Å². The number of carboxylic acid groups (broad SMARTS) is 1. The van der Waals surface area contributed by atoms with Crippen molar-refractivity contribution in [1.29, 1.82) is 0 Å². The number of sulfonamides is 1. The molecule has 0 saturated heterocycles. The Bertz CT molecular complexity index is 595. The molecule has 0 radical (unpaired) electrons. The van der Waals surface area contributed by atoms with Crippen LogP contribution in [-0.2, 0) is 19.6 Å². The zero-order valence-electron chi connectivity index (χ0n) is 11.1. The van der Waals surface area contributed by atoms with Crippen LogP contribution >= 0.6 is 0 Å². The minimum atomic E-state index is -3.90. The van der Waals surface area contributed by atoms with Crippen molar-refractivity contribution >= 4 is 27.6 Å². The summed E-state index contributed by atoms with van der Waals surface area (Å²) in [6, 6.07) is 4.24. The normalized spacial score (nSPS) is 12.7. The molecule has 3 N–H and O–H groups in total. The van der Waals surface area contributed by atoms with Gasteiger partial charge in [-0.2, -0.15) is 4.72 Å². The fraction of sp³-hybridized carbons (Fsp3) is 0.333. The third-order valence-electron chi connectivity index (χ3n) is 2.47. The first-order valence-electron chi connectivity index (χ1n) is 5.91. The van der Waals surface area contributed by atoms with Gasteiger partial charge in [-0.15, -0.1) is 0 Å². The first kappa shape index (κ1) is 16.1. The van der Waals surface area contributed by atoms with Gasteiger partial charge < -0.3 is 10.4 Å². The zero-order chi connectivity index (χ0) is 15.3. The minimum Gasteiger partial charge on any atom is -0.480 e. The predicted octanol–water partition coefficient (Wildman–Crippen LogP) is 0.786. The van der Waals surface area contributed by atoms with E-state index in [-0.39, 0.29) is 10.8 Å². The Morgan fingerprint density at radius 2 is 1.80 bits per heavy atom. The molecule has 0 heterocycles. The molecule has 1 aromatic rings. The predicted molar refractivity (Wildman–Crippen MR) is 72.8 cm³/mol. The number of aliphatic carboxylic acids is 1. The SMILES string of the molecule is CCC(=O)Nc1ccc(S(=O)(=O)NC(C)C(=O)O)cc1. The summed E-state index contributed by atoms with van der Waals surface area (Å²) in [4.78, 5) is 21.7. The quantitative estimate of drug-likeness (QED) is 0.719. The molecule has 110 valence electrons. The average molecular weight is 300 g/mol.